The molecule has 2 N–H and O–H groups in total. The maximum Gasteiger partial charge on any atom is 0.308 e. The van der Waals surface area contributed by atoms with Gasteiger partial charge in [0.25, 0.3) is 0 Å². The highest BCUT2D eigenvalue weighted by Gasteiger charge is 2.34. The normalized spacial score (nSPS) is 27.6. The summed E-state index contributed by atoms with van der Waals surface area (Å²) in [6.45, 7) is 3.36. The van der Waals surface area contributed by atoms with E-state index >= 15 is 0 Å². The van der Waals surface area contributed by atoms with E-state index in [9.17, 15) is 9.59 Å². The number of rotatable bonds is 3. The number of carbonyl (C=O) groups excluding carboxylic acids is 1. The molecule has 2 unspecified atom stereocenters. The van der Waals surface area contributed by atoms with E-state index in [0.29, 0.717) is 19.6 Å². The molecule has 1 rings (SSSR count). The number of carboxylic acid groups (broad SMARTS) is 1. The Balaban J connectivity index is 2.46. The third-order valence-corrected chi connectivity index (χ3v) is 2.65. The lowest BCUT2D eigenvalue weighted by atomic mass is 9.99. The first-order chi connectivity index (χ1) is 6.54. The quantitative estimate of drug-likeness (QED) is 0.637. The molecule has 0 bridgehead atoms. The van der Waals surface area contributed by atoms with Crippen LogP contribution in [-0.2, 0) is 9.59 Å². The van der Waals surface area contributed by atoms with Gasteiger partial charge in [-0.25, -0.2) is 0 Å². The number of carbonyl (C=O) groups is 2. The fourth-order valence-electron chi connectivity index (χ4n) is 1.80. The fraction of sp³-hybridized carbons (Fsp3) is 0.778. The minimum Gasteiger partial charge on any atom is -0.481 e. The molecule has 1 amide bonds. The van der Waals surface area contributed by atoms with E-state index in [1.807, 2.05) is 11.8 Å². The first-order valence-electron chi connectivity index (χ1n) is 4.70. The van der Waals surface area contributed by atoms with Gasteiger partial charge in [-0.15, -0.1) is 0 Å². The van der Waals surface area contributed by atoms with Crippen molar-refractivity contribution in [2.75, 3.05) is 26.7 Å². The molecule has 14 heavy (non-hydrogen) atoms. The van der Waals surface area contributed by atoms with Gasteiger partial charge in [0, 0.05) is 20.1 Å². The summed E-state index contributed by atoms with van der Waals surface area (Å²) < 4.78 is 0. The smallest absolute Gasteiger partial charge is 0.308 e. The predicted molar refractivity (Wildman–Crippen MR) is 50.8 cm³/mol. The molecule has 80 valence electrons. The minimum absolute atomic E-state index is 0.0664. The Morgan fingerprint density at radius 3 is 2.57 bits per heavy atom. The second kappa shape index (κ2) is 4.41. The summed E-state index contributed by atoms with van der Waals surface area (Å²) in [6.07, 6.45) is 0. The van der Waals surface area contributed by atoms with Crippen molar-refractivity contribution in [2.24, 2.45) is 11.8 Å². The van der Waals surface area contributed by atoms with Crippen LogP contribution in [0.25, 0.3) is 0 Å². The van der Waals surface area contributed by atoms with E-state index in [-0.39, 0.29) is 17.7 Å². The highest BCUT2D eigenvalue weighted by Crippen LogP contribution is 2.22. The van der Waals surface area contributed by atoms with Gasteiger partial charge in [-0.05, 0) is 5.92 Å². The molecule has 1 aliphatic rings. The Morgan fingerprint density at radius 1 is 1.50 bits per heavy atom. The maximum absolute atomic E-state index is 11.1. The SMILES string of the molecule is CNC(=O)CN1CC(C)C(C(=O)O)C1. The van der Waals surface area contributed by atoms with Crippen molar-refractivity contribution in [3.8, 4) is 0 Å². The summed E-state index contributed by atoms with van der Waals surface area (Å²) >= 11 is 0. The number of nitrogens with zero attached hydrogens (tertiary/aromatic N) is 1. The molecule has 0 aliphatic carbocycles. The van der Waals surface area contributed by atoms with Crippen LogP contribution in [-0.4, -0.2) is 48.6 Å². The molecule has 0 saturated carbocycles. The standard InChI is InChI=1S/C9H16N2O3/c1-6-3-11(5-8(12)10-2)4-7(6)9(13)14/h6-7H,3-5H2,1-2H3,(H,10,12)(H,13,14). The number of likely N-dealkylation sites (tertiary alicyclic amines) is 1. The van der Waals surface area contributed by atoms with Crippen molar-refractivity contribution in [1.82, 2.24) is 10.2 Å². The summed E-state index contributed by atoms with van der Waals surface area (Å²) in [5.74, 6) is -1.04. The molecule has 5 heteroatoms. The zero-order chi connectivity index (χ0) is 10.7. The van der Waals surface area contributed by atoms with Crippen LogP contribution >= 0.6 is 0 Å². The fourth-order valence-corrected chi connectivity index (χ4v) is 1.80. The predicted octanol–water partition coefficient (Wildman–Crippen LogP) is -0.615. The van der Waals surface area contributed by atoms with Crippen molar-refractivity contribution < 1.29 is 14.7 Å². The Hall–Kier alpha value is -1.10. The monoisotopic (exact) mass is 200 g/mol. The number of aliphatic carboxylic acids is 1. The molecular weight excluding hydrogens is 184 g/mol. The summed E-state index contributed by atoms with van der Waals surface area (Å²) in [5.41, 5.74) is 0. The number of carboxylic acids is 1. The van der Waals surface area contributed by atoms with Crippen molar-refractivity contribution in [3.05, 3.63) is 0 Å². The first kappa shape index (κ1) is 11.0. The Bertz CT molecular complexity index is 242. The van der Waals surface area contributed by atoms with Gasteiger partial charge in [-0.3, -0.25) is 14.5 Å². The third-order valence-electron chi connectivity index (χ3n) is 2.65. The van der Waals surface area contributed by atoms with Crippen LogP contribution in [0, 0.1) is 11.8 Å². The van der Waals surface area contributed by atoms with Crippen molar-refractivity contribution in [1.29, 1.82) is 0 Å². The molecule has 1 heterocycles. The highest BCUT2D eigenvalue weighted by atomic mass is 16.4. The maximum atomic E-state index is 11.1. The Morgan fingerprint density at radius 2 is 2.14 bits per heavy atom. The van der Waals surface area contributed by atoms with Gasteiger partial charge in [0.1, 0.15) is 0 Å². The minimum atomic E-state index is -0.767. The lowest BCUT2D eigenvalue weighted by Gasteiger charge is -2.13. The van der Waals surface area contributed by atoms with Crippen LogP contribution in [0.4, 0.5) is 0 Å². The first-order valence-corrected chi connectivity index (χ1v) is 4.70. The largest absolute Gasteiger partial charge is 0.481 e. The van der Waals surface area contributed by atoms with Gasteiger partial charge in [0.15, 0.2) is 0 Å². The Labute approximate surface area is 83.1 Å². The molecule has 0 aromatic heterocycles. The van der Waals surface area contributed by atoms with E-state index in [2.05, 4.69) is 5.32 Å². The molecule has 0 aromatic carbocycles. The summed E-state index contributed by atoms with van der Waals surface area (Å²) in [6, 6.07) is 0. The molecule has 0 radical (unpaired) electrons. The van der Waals surface area contributed by atoms with Crippen LogP contribution in [0.2, 0.25) is 0 Å². The van der Waals surface area contributed by atoms with Gasteiger partial charge in [0.2, 0.25) is 5.91 Å². The average Bonchev–Trinajstić information content (AvgIpc) is 2.46. The van der Waals surface area contributed by atoms with E-state index in [1.165, 1.54) is 0 Å². The molecule has 2 atom stereocenters. The van der Waals surface area contributed by atoms with Crippen LogP contribution in [0.3, 0.4) is 0 Å². The van der Waals surface area contributed by atoms with Crippen molar-refractivity contribution in [2.45, 2.75) is 6.92 Å². The van der Waals surface area contributed by atoms with Crippen LogP contribution in [0.1, 0.15) is 6.92 Å². The summed E-state index contributed by atoms with van der Waals surface area (Å²) in [4.78, 5) is 23.7. The van der Waals surface area contributed by atoms with E-state index in [1.54, 1.807) is 7.05 Å². The molecule has 0 aromatic rings. The highest BCUT2D eigenvalue weighted by molar-refractivity contribution is 5.78. The average molecular weight is 200 g/mol. The van der Waals surface area contributed by atoms with Gasteiger partial charge >= 0.3 is 5.97 Å². The molecule has 0 spiro atoms. The third kappa shape index (κ3) is 2.45. The molecular formula is C9H16N2O3. The van der Waals surface area contributed by atoms with E-state index < -0.39 is 5.97 Å². The zero-order valence-corrected chi connectivity index (χ0v) is 8.49. The number of nitrogens with one attached hydrogen (secondary N) is 1. The molecule has 1 fully saturated rings. The number of hydrogen-bond acceptors (Lipinski definition) is 3. The number of amides is 1. The molecule has 5 nitrogen and oxygen atoms in total. The lowest BCUT2D eigenvalue weighted by molar-refractivity contribution is -0.142. The Kier molecular flexibility index (Phi) is 3.46. The zero-order valence-electron chi connectivity index (χ0n) is 8.49. The van der Waals surface area contributed by atoms with Gasteiger partial charge in [-0.1, -0.05) is 6.92 Å². The van der Waals surface area contributed by atoms with Crippen molar-refractivity contribution in [3.63, 3.8) is 0 Å². The van der Waals surface area contributed by atoms with Gasteiger partial charge < -0.3 is 10.4 Å². The van der Waals surface area contributed by atoms with Crippen molar-refractivity contribution >= 4 is 11.9 Å². The van der Waals surface area contributed by atoms with Gasteiger partial charge in [-0.2, -0.15) is 0 Å². The topological polar surface area (TPSA) is 69.6 Å². The second-order valence-corrected chi connectivity index (χ2v) is 3.79. The summed E-state index contributed by atoms with van der Waals surface area (Å²) in [7, 11) is 1.58. The van der Waals surface area contributed by atoms with Crippen LogP contribution in [0.5, 0.6) is 0 Å². The molecule has 1 saturated heterocycles. The molecule has 1 aliphatic heterocycles. The van der Waals surface area contributed by atoms with E-state index in [0.717, 1.165) is 0 Å². The van der Waals surface area contributed by atoms with E-state index in [4.69, 9.17) is 5.11 Å². The number of hydrogen-bond donors (Lipinski definition) is 2. The summed E-state index contributed by atoms with van der Waals surface area (Å²) in [5, 5.41) is 11.4. The van der Waals surface area contributed by atoms with Crippen LogP contribution < -0.4 is 5.32 Å². The van der Waals surface area contributed by atoms with Crippen LogP contribution in [0.15, 0.2) is 0 Å². The second-order valence-electron chi connectivity index (χ2n) is 3.79. The number of likely N-dealkylation sites (N-methyl/N-ethyl adjacent to an activating group) is 1. The van der Waals surface area contributed by atoms with Gasteiger partial charge in [0.05, 0.1) is 12.5 Å². The lowest BCUT2D eigenvalue weighted by Crippen LogP contribution is -2.34.